The van der Waals surface area contributed by atoms with E-state index < -0.39 is 0 Å². The molecule has 1 unspecified atom stereocenters. The Balaban J connectivity index is 2.23. The zero-order valence-corrected chi connectivity index (χ0v) is 13.7. The predicted octanol–water partition coefficient (Wildman–Crippen LogP) is 2.84. The Kier molecular flexibility index (Phi) is 5.52. The van der Waals surface area contributed by atoms with Gasteiger partial charge in [0, 0.05) is 30.0 Å². The average molecular weight is 305 g/mol. The molecule has 0 radical (unpaired) electrons. The van der Waals surface area contributed by atoms with Crippen LogP contribution in [0.4, 0.5) is 11.6 Å². The number of hydrogen-bond acceptors (Lipinski definition) is 6. The van der Waals surface area contributed by atoms with Crippen LogP contribution in [-0.2, 0) is 12.8 Å². The third-order valence-electron chi connectivity index (χ3n) is 3.63. The molecule has 114 valence electrons. The number of nitrogen functional groups attached to an aromatic ring is 1. The van der Waals surface area contributed by atoms with Gasteiger partial charge in [-0.05, 0) is 24.8 Å². The van der Waals surface area contributed by atoms with Gasteiger partial charge in [-0.25, -0.2) is 15.8 Å². The molecule has 6 heteroatoms. The Bertz CT molecular complexity index is 555. The lowest BCUT2D eigenvalue weighted by atomic mass is 10.1. The van der Waals surface area contributed by atoms with E-state index in [1.54, 1.807) is 17.7 Å². The molecule has 2 aromatic rings. The molecule has 5 nitrogen and oxygen atoms in total. The first-order chi connectivity index (χ1) is 10.2. The van der Waals surface area contributed by atoms with Crippen LogP contribution in [-0.4, -0.2) is 23.1 Å². The van der Waals surface area contributed by atoms with E-state index in [0.29, 0.717) is 6.04 Å². The van der Waals surface area contributed by atoms with Gasteiger partial charge in [-0.3, -0.25) is 0 Å². The topological polar surface area (TPSA) is 67.1 Å². The van der Waals surface area contributed by atoms with Gasteiger partial charge >= 0.3 is 0 Å². The van der Waals surface area contributed by atoms with Crippen molar-refractivity contribution < 1.29 is 0 Å². The molecule has 0 fully saturated rings. The van der Waals surface area contributed by atoms with E-state index >= 15 is 0 Å². The second-order valence-corrected chi connectivity index (χ2v) is 6.19. The van der Waals surface area contributed by atoms with Crippen LogP contribution in [0, 0.1) is 0 Å². The summed E-state index contributed by atoms with van der Waals surface area (Å²) < 4.78 is 0. The fourth-order valence-corrected chi connectivity index (χ4v) is 3.20. The molecule has 0 aromatic carbocycles. The van der Waals surface area contributed by atoms with Crippen molar-refractivity contribution in [1.82, 2.24) is 9.97 Å². The zero-order valence-electron chi connectivity index (χ0n) is 12.8. The Morgan fingerprint density at radius 1 is 1.43 bits per heavy atom. The van der Waals surface area contributed by atoms with Crippen LogP contribution >= 0.6 is 11.3 Å². The van der Waals surface area contributed by atoms with E-state index in [1.165, 1.54) is 4.88 Å². The van der Waals surface area contributed by atoms with Crippen LogP contribution in [0.2, 0.25) is 0 Å². The maximum Gasteiger partial charge on any atom is 0.148 e. The van der Waals surface area contributed by atoms with Gasteiger partial charge in [0.05, 0.1) is 0 Å². The summed E-state index contributed by atoms with van der Waals surface area (Å²) in [7, 11) is 2.08. The van der Waals surface area contributed by atoms with Gasteiger partial charge in [-0.2, -0.15) is 0 Å². The number of hydrogen-bond donors (Lipinski definition) is 2. The largest absolute Gasteiger partial charge is 0.356 e. The third kappa shape index (κ3) is 3.71. The first-order valence-corrected chi connectivity index (χ1v) is 8.11. The first kappa shape index (κ1) is 15.7. The number of nitrogens with two attached hydrogens (primary N) is 1. The molecule has 0 saturated heterocycles. The normalized spacial score (nSPS) is 12.2. The molecule has 0 amide bonds. The van der Waals surface area contributed by atoms with Crippen molar-refractivity contribution in [2.45, 2.75) is 39.2 Å². The molecule has 3 N–H and O–H groups in total. The van der Waals surface area contributed by atoms with Crippen LogP contribution in [0.5, 0.6) is 0 Å². The minimum atomic E-state index is 0.361. The SMILES string of the molecule is CCCc1c(NN)ncnc1N(C)C(C)Cc1cccs1. The monoisotopic (exact) mass is 305 g/mol. The van der Waals surface area contributed by atoms with E-state index in [9.17, 15) is 0 Å². The van der Waals surface area contributed by atoms with Gasteiger partial charge in [0.25, 0.3) is 0 Å². The first-order valence-electron chi connectivity index (χ1n) is 7.23. The molecule has 2 aromatic heterocycles. The maximum absolute atomic E-state index is 5.58. The van der Waals surface area contributed by atoms with Crippen molar-refractivity contribution in [3.63, 3.8) is 0 Å². The number of nitrogens with zero attached hydrogens (tertiary/aromatic N) is 3. The summed E-state index contributed by atoms with van der Waals surface area (Å²) in [6, 6.07) is 4.63. The van der Waals surface area contributed by atoms with E-state index in [0.717, 1.165) is 36.5 Å². The molecule has 0 aliphatic heterocycles. The molecule has 1 atom stereocenters. The van der Waals surface area contributed by atoms with Crippen LogP contribution in [0.1, 0.15) is 30.7 Å². The lowest BCUT2D eigenvalue weighted by Crippen LogP contribution is -2.32. The highest BCUT2D eigenvalue weighted by Crippen LogP contribution is 2.26. The number of likely N-dealkylation sites (N-methyl/N-ethyl adjacent to an activating group) is 1. The van der Waals surface area contributed by atoms with Gasteiger partial charge in [0.1, 0.15) is 18.0 Å². The quantitative estimate of drug-likeness (QED) is 0.608. The van der Waals surface area contributed by atoms with Crippen LogP contribution in [0.3, 0.4) is 0 Å². The third-order valence-corrected chi connectivity index (χ3v) is 4.53. The van der Waals surface area contributed by atoms with E-state index in [1.807, 2.05) is 0 Å². The van der Waals surface area contributed by atoms with Crippen molar-refractivity contribution >= 4 is 23.0 Å². The number of anilines is 2. The molecule has 0 spiro atoms. The number of hydrazine groups is 1. The molecule has 21 heavy (non-hydrogen) atoms. The molecule has 0 aliphatic carbocycles. The zero-order chi connectivity index (χ0) is 15.2. The molecule has 0 bridgehead atoms. The second kappa shape index (κ2) is 7.38. The van der Waals surface area contributed by atoms with E-state index in [2.05, 4.69) is 58.7 Å². The number of aromatic nitrogens is 2. The minimum absolute atomic E-state index is 0.361. The van der Waals surface area contributed by atoms with Crippen LogP contribution < -0.4 is 16.2 Å². The minimum Gasteiger partial charge on any atom is -0.356 e. The number of thiophene rings is 1. The van der Waals surface area contributed by atoms with Crippen LogP contribution in [0.15, 0.2) is 23.8 Å². The van der Waals surface area contributed by atoms with E-state index in [4.69, 9.17) is 5.84 Å². The summed E-state index contributed by atoms with van der Waals surface area (Å²) in [5.41, 5.74) is 3.77. The molecular weight excluding hydrogens is 282 g/mol. The standard InChI is InChI=1S/C15H23N5S/c1-4-6-13-14(19-16)17-10-18-15(13)20(3)11(2)9-12-7-5-8-21-12/h5,7-8,10-11H,4,6,9,16H2,1-3H3,(H,17,18,19). The van der Waals surface area contributed by atoms with Crippen molar-refractivity contribution in [3.05, 3.63) is 34.3 Å². The van der Waals surface area contributed by atoms with E-state index in [-0.39, 0.29) is 0 Å². The summed E-state index contributed by atoms with van der Waals surface area (Å²) >= 11 is 1.79. The molecular formula is C15H23N5S. The summed E-state index contributed by atoms with van der Waals surface area (Å²) in [5, 5.41) is 2.12. The highest BCUT2D eigenvalue weighted by Gasteiger charge is 2.18. The summed E-state index contributed by atoms with van der Waals surface area (Å²) in [4.78, 5) is 12.3. The van der Waals surface area contributed by atoms with Crippen molar-refractivity contribution in [2.75, 3.05) is 17.4 Å². The van der Waals surface area contributed by atoms with Gasteiger partial charge < -0.3 is 10.3 Å². The lowest BCUT2D eigenvalue weighted by molar-refractivity contribution is 0.674. The predicted molar refractivity (Wildman–Crippen MR) is 89.7 cm³/mol. The van der Waals surface area contributed by atoms with Gasteiger partial charge in [0.2, 0.25) is 0 Å². The Labute approximate surface area is 130 Å². The highest BCUT2D eigenvalue weighted by molar-refractivity contribution is 7.09. The van der Waals surface area contributed by atoms with Crippen molar-refractivity contribution in [3.8, 4) is 0 Å². The van der Waals surface area contributed by atoms with Crippen LogP contribution in [0.25, 0.3) is 0 Å². The highest BCUT2D eigenvalue weighted by atomic mass is 32.1. The summed E-state index contributed by atoms with van der Waals surface area (Å²) in [5.74, 6) is 7.26. The Morgan fingerprint density at radius 3 is 2.86 bits per heavy atom. The second-order valence-electron chi connectivity index (χ2n) is 5.16. The molecule has 0 saturated carbocycles. The van der Waals surface area contributed by atoms with Gasteiger partial charge in [-0.15, -0.1) is 11.3 Å². The van der Waals surface area contributed by atoms with Gasteiger partial charge in [-0.1, -0.05) is 19.4 Å². The fraction of sp³-hybridized carbons (Fsp3) is 0.467. The Hall–Kier alpha value is -1.66. The average Bonchev–Trinajstić information content (AvgIpc) is 3.00. The Morgan fingerprint density at radius 2 is 2.24 bits per heavy atom. The van der Waals surface area contributed by atoms with Crippen molar-refractivity contribution in [1.29, 1.82) is 0 Å². The maximum atomic E-state index is 5.58. The molecule has 0 aliphatic rings. The van der Waals surface area contributed by atoms with Crippen molar-refractivity contribution in [2.24, 2.45) is 5.84 Å². The fourth-order valence-electron chi connectivity index (χ4n) is 2.38. The number of rotatable bonds is 7. The smallest absolute Gasteiger partial charge is 0.148 e. The summed E-state index contributed by atoms with van der Waals surface area (Å²) in [6.07, 6.45) is 4.52. The lowest BCUT2D eigenvalue weighted by Gasteiger charge is -2.28. The number of nitrogens with one attached hydrogen (secondary N) is 1. The molecule has 2 rings (SSSR count). The molecule has 2 heterocycles. The van der Waals surface area contributed by atoms with Gasteiger partial charge in [0.15, 0.2) is 0 Å². The summed E-state index contributed by atoms with van der Waals surface area (Å²) in [6.45, 7) is 4.36.